The third-order valence-electron chi connectivity index (χ3n) is 5.89. The summed E-state index contributed by atoms with van der Waals surface area (Å²) in [4.78, 5) is 25.9. The molecule has 0 aromatic heterocycles. The summed E-state index contributed by atoms with van der Waals surface area (Å²) in [5, 5.41) is 18.2. The number of carbonyl (C=O) groups is 2. The number of aliphatic hydroxyl groups excluding tert-OH is 2. The molecule has 0 saturated carbocycles. The van der Waals surface area contributed by atoms with Crippen molar-refractivity contribution in [3.8, 4) is 23.0 Å². The van der Waals surface area contributed by atoms with Gasteiger partial charge in [0.05, 0.1) is 19.6 Å². The highest BCUT2D eigenvalue weighted by Crippen LogP contribution is 2.54. The maximum atomic E-state index is 13.3. The Kier molecular flexibility index (Phi) is 6.08. The zero-order valence-electron chi connectivity index (χ0n) is 18.1. The Balaban J connectivity index is 1.90. The van der Waals surface area contributed by atoms with Gasteiger partial charge in [-0.25, -0.2) is 0 Å². The summed E-state index contributed by atoms with van der Waals surface area (Å²) < 4.78 is 22.4. The van der Waals surface area contributed by atoms with Crippen LogP contribution in [-0.2, 0) is 27.8 Å². The van der Waals surface area contributed by atoms with Crippen LogP contribution in [0.5, 0.6) is 23.0 Å². The third-order valence-corrected chi connectivity index (χ3v) is 5.89. The minimum atomic E-state index is -1.32. The van der Waals surface area contributed by atoms with E-state index in [2.05, 4.69) is 0 Å². The molecule has 0 aliphatic carbocycles. The lowest BCUT2D eigenvalue weighted by Gasteiger charge is -2.32. The van der Waals surface area contributed by atoms with E-state index < -0.39 is 17.4 Å². The van der Waals surface area contributed by atoms with Crippen LogP contribution in [0.25, 0.3) is 0 Å². The van der Waals surface area contributed by atoms with Gasteiger partial charge in [0.25, 0.3) is 0 Å². The molecule has 0 radical (unpaired) electrons. The molecule has 170 valence electrons. The molecule has 2 heterocycles. The first-order valence-electron chi connectivity index (χ1n) is 10.7. The van der Waals surface area contributed by atoms with Gasteiger partial charge in [0.15, 0.2) is 0 Å². The Morgan fingerprint density at radius 1 is 0.844 bits per heavy atom. The van der Waals surface area contributed by atoms with Crippen molar-refractivity contribution < 1.29 is 38.7 Å². The highest BCUT2D eigenvalue weighted by atomic mass is 16.6. The molecule has 2 N–H and O–H groups in total. The van der Waals surface area contributed by atoms with Crippen molar-refractivity contribution in [1.82, 2.24) is 0 Å². The van der Waals surface area contributed by atoms with E-state index in [1.54, 1.807) is 12.1 Å². The lowest BCUT2D eigenvalue weighted by molar-refractivity contribution is -0.145. The minimum absolute atomic E-state index is 0.103. The predicted octanol–water partition coefficient (Wildman–Crippen LogP) is 2.07. The average molecular weight is 442 g/mol. The van der Waals surface area contributed by atoms with Gasteiger partial charge in [-0.1, -0.05) is 13.8 Å². The van der Waals surface area contributed by atoms with Crippen LogP contribution >= 0.6 is 0 Å². The van der Waals surface area contributed by atoms with Crippen molar-refractivity contribution in [2.75, 3.05) is 26.4 Å². The summed E-state index contributed by atoms with van der Waals surface area (Å²) in [6.07, 6.45) is 1.07. The van der Waals surface area contributed by atoms with Crippen molar-refractivity contribution in [1.29, 1.82) is 0 Å². The van der Waals surface area contributed by atoms with Gasteiger partial charge >= 0.3 is 11.9 Å². The topological polar surface area (TPSA) is 112 Å². The molecule has 1 unspecified atom stereocenters. The van der Waals surface area contributed by atoms with Gasteiger partial charge in [-0.3, -0.25) is 9.59 Å². The highest BCUT2D eigenvalue weighted by molar-refractivity contribution is 6.01. The summed E-state index contributed by atoms with van der Waals surface area (Å²) in [5.41, 5.74) is 1.50. The van der Waals surface area contributed by atoms with Gasteiger partial charge in [0, 0.05) is 23.3 Å². The van der Waals surface area contributed by atoms with E-state index in [9.17, 15) is 9.59 Å². The minimum Gasteiger partial charge on any atom is -0.491 e. The summed E-state index contributed by atoms with van der Waals surface area (Å²) in [5.74, 6) is 0.523. The molecule has 1 atom stereocenters. The van der Waals surface area contributed by atoms with Crippen LogP contribution in [0.15, 0.2) is 24.3 Å². The number of aryl methyl sites for hydroxylation is 2. The highest BCUT2D eigenvalue weighted by Gasteiger charge is 2.56. The molecule has 2 aliphatic heterocycles. The normalized spacial score (nSPS) is 18.8. The smallest absolute Gasteiger partial charge is 0.327 e. The van der Waals surface area contributed by atoms with Crippen molar-refractivity contribution in [3.63, 3.8) is 0 Å². The molecule has 0 bridgehead atoms. The first-order valence-corrected chi connectivity index (χ1v) is 10.7. The molecular formula is C24H26O8. The average Bonchev–Trinajstić information content (AvgIpc) is 3.05. The SMILES string of the molecule is CCc1cc2c(cc1OCCO)OC(=O)CC21C(=O)Oc2cc(OCCO)c(CC)cc21. The largest absolute Gasteiger partial charge is 0.491 e. The first-order chi connectivity index (χ1) is 15.5. The predicted molar refractivity (Wildman–Crippen MR) is 113 cm³/mol. The van der Waals surface area contributed by atoms with E-state index in [0.29, 0.717) is 41.2 Å². The molecule has 8 heteroatoms. The molecule has 4 rings (SSSR count). The molecule has 2 aromatic carbocycles. The second-order valence-corrected chi connectivity index (χ2v) is 7.71. The van der Waals surface area contributed by atoms with Crippen molar-refractivity contribution in [2.45, 2.75) is 38.5 Å². The number of ether oxygens (including phenoxy) is 4. The van der Waals surface area contributed by atoms with Crippen LogP contribution < -0.4 is 18.9 Å². The van der Waals surface area contributed by atoms with Gasteiger partial charge in [-0.05, 0) is 36.1 Å². The van der Waals surface area contributed by atoms with Gasteiger partial charge in [0.1, 0.15) is 41.6 Å². The number of carbonyl (C=O) groups excluding carboxylic acids is 2. The summed E-state index contributed by atoms with van der Waals surface area (Å²) in [6, 6.07) is 6.92. The number of aliphatic hydroxyl groups is 2. The van der Waals surface area contributed by atoms with Gasteiger partial charge in [-0.15, -0.1) is 0 Å². The van der Waals surface area contributed by atoms with Gasteiger partial charge in [0.2, 0.25) is 0 Å². The second kappa shape index (κ2) is 8.80. The maximum absolute atomic E-state index is 13.3. The van der Waals surface area contributed by atoms with Crippen molar-refractivity contribution >= 4 is 11.9 Å². The quantitative estimate of drug-likeness (QED) is 0.472. The molecule has 2 aromatic rings. The van der Waals surface area contributed by atoms with Crippen LogP contribution in [-0.4, -0.2) is 48.6 Å². The lowest BCUT2D eigenvalue weighted by atomic mass is 9.70. The summed E-state index contributed by atoms with van der Waals surface area (Å²) in [7, 11) is 0. The fraction of sp³-hybridized carbons (Fsp3) is 0.417. The number of hydrogen-bond acceptors (Lipinski definition) is 8. The molecule has 8 nitrogen and oxygen atoms in total. The first kappa shape index (κ1) is 22.1. The second-order valence-electron chi connectivity index (χ2n) is 7.71. The molecular weight excluding hydrogens is 416 g/mol. The zero-order valence-corrected chi connectivity index (χ0v) is 18.1. The standard InChI is InChI=1S/C24H26O8/c1-3-14-9-16-20(11-18(14)29-7-5-25)31-22(27)13-24(16)17-10-15(4-2)19(30-8-6-26)12-21(17)32-23(24)28/h9-12,25-26H,3-8,13H2,1-2H3. The monoisotopic (exact) mass is 442 g/mol. The Morgan fingerprint density at radius 3 is 1.81 bits per heavy atom. The van der Waals surface area contributed by atoms with Crippen LogP contribution in [0.3, 0.4) is 0 Å². The van der Waals surface area contributed by atoms with Crippen molar-refractivity contribution in [3.05, 3.63) is 46.5 Å². The van der Waals surface area contributed by atoms with Gasteiger partial charge < -0.3 is 29.2 Å². The number of hydrogen-bond donors (Lipinski definition) is 2. The van der Waals surface area contributed by atoms with E-state index in [1.165, 1.54) is 0 Å². The van der Waals surface area contributed by atoms with Crippen LogP contribution in [0.1, 0.15) is 42.5 Å². The summed E-state index contributed by atoms with van der Waals surface area (Å²) in [6.45, 7) is 3.85. The van der Waals surface area contributed by atoms with E-state index in [4.69, 9.17) is 29.2 Å². The fourth-order valence-electron chi connectivity index (χ4n) is 4.37. The number of fused-ring (bicyclic) bond motifs is 4. The van der Waals surface area contributed by atoms with Crippen molar-refractivity contribution in [2.24, 2.45) is 0 Å². The van der Waals surface area contributed by atoms with Crippen LogP contribution in [0.2, 0.25) is 0 Å². The number of benzene rings is 2. The molecule has 2 aliphatic rings. The molecule has 1 spiro atoms. The number of rotatable bonds is 8. The van der Waals surface area contributed by atoms with Crippen LogP contribution in [0, 0.1) is 0 Å². The molecule has 32 heavy (non-hydrogen) atoms. The molecule has 0 amide bonds. The zero-order chi connectivity index (χ0) is 22.9. The molecule has 0 saturated heterocycles. The Hall–Kier alpha value is -3.10. The lowest BCUT2D eigenvalue weighted by Crippen LogP contribution is -2.42. The van der Waals surface area contributed by atoms with E-state index in [0.717, 1.165) is 11.1 Å². The third kappa shape index (κ3) is 3.49. The summed E-state index contributed by atoms with van der Waals surface area (Å²) >= 11 is 0. The van der Waals surface area contributed by atoms with E-state index in [1.807, 2.05) is 26.0 Å². The fourth-order valence-corrected chi connectivity index (χ4v) is 4.37. The number of esters is 2. The Labute approximate surface area is 185 Å². The van der Waals surface area contributed by atoms with Crippen LogP contribution in [0.4, 0.5) is 0 Å². The maximum Gasteiger partial charge on any atom is 0.327 e. The molecule has 0 fully saturated rings. The Bertz CT molecular complexity index is 1060. The van der Waals surface area contributed by atoms with Gasteiger partial charge in [-0.2, -0.15) is 0 Å². The Morgan fingerprint density at radius 2 is 1.34 bits per heavy atom. The van der Waals surface area contributed by atoms with E-state index in [-0.39, 0.29) is 38.6 Å². The van der Waals surface area contributed by atoms with E-state index >= 15 is 0 Å².